The van der Waals surface area contributed by atoms with Gasteiger partial charge in [-0.05, 0) is 19.1 Å². The smallest absolute Gasteiger partial charge is 0.248 e. The number of aromatic nitrogens is 2. The highest BCUT2D eigenvalue weighted by atomic mass is 19.1. The highest BCUT2D eigenvalue weighted by Crippen LogP contribution is 2.21. The molecular weight excluding hydrogens is 247 g/mol. The fraction of sp³-hybridized carbons (Fsp3) is 0.231. The molecule has 0 aliphatic carbocycles. The molecule has 19 heavy (non-hydrogen) atoms. The molecule has 2 rings (SSSR count). The van der Waals surface area contributed by atoms with E-state index in [2.05, 4.69) is 10.3 Å². The SMILES string of the molecule is Cc1c(F)cc(C(N)=O)cc1NCc1cncn1C. The van der Waals surface area contributed by atoms with E-state index in [1.54, 1.807) is 25.5 Å². The van der Waals surface area contributed by atoms with Crippen LogP contribution < -0.4 is 11.1 Å². The molecule has 0 radical (unpaired) electrons. The Morgan fingerprint density at radius 3 is 2.84 bits per heavy atom. The van der Waals surface area contributed by atoms with Crippen molar-refractivity contribution in [1.82, 2.24) is 9.55 Å². The predicted molar refractivity (Wildman–Crippen MR) is 70.2 cm³/mol. The van der Waals surface area contributed by atoms with Crippen molar-refractivity contribution in [3.63, 3.8) is 0 Å². The molecule has 0 spiro atoms. The molecule has 0 fully saturated rings. The maximum absolute atomic E-state index is 13.7. The van der Waals surface area contributed by atoms with Gasteiger partial charge in [0.2, 0.25) is 5.91 Å². The molecule has 3 N–H and O–H groups in total. The third-order valence-electron chi connectivity index (χ3n) is 3.01. The predicted octanol–water partition coefficient (Wildman–Crippen LogP) is 1.58. The standard InChI is InChI=1S/C13H15FN4O/c1-8-11(14)3-9(13(15)19)4-12(8)17-6-10-5-16-7-18(10)2/h3-5,7,17H,6H2,1-2H3,(H2,15,19). The van der Waals surface area contributed by atoms with Gasteiger partial charge in [-0.1, -0.05) is 0 Å². The second-order valence-electron chi connectivity index (χ2n) is 4.34. The van der Waals surface area contributed by atoms with Gasteiger partial charge in [0.25, 0.3) is 0 Å². The fourth-order valence-corrected chi connectivity index (χ4v) is 1.75. The van der Waals surface area contributed by atoms with E-state index in [0.717, 1.165) is 11.8 Å². The van der Waals surface area contributed by atoms with Gasteiger partial charge in [-0.15, -0.1) is 0 Å². The molecule has 0 aliphatic rings. The highest BCUT2D eigenvalue weighted by molar-refractivity contribution is 5.94. The van der Waals surface area contributed by atoms with Crippen LogP contribution in [0.4, 0.5) is 10.1 Å². The molecule has 100 valence electrons. The van der Waals surface area contributed by atoms with Crippen molar-refractivity contribution < 1.29 is 9.18 Å². The van der Waals surface area contributed by atoms with Crippen LogP contribution in [0.5, 0.6) is 0 Å². The first-order chi connectivity index (χ1) is 8.99. The van der Waals surface area contributed by atoms with E-state index in [0.29, 0.717) is 17.8 Å². The number of hydrogen-bond acceptors (Lipinski definition) is 3. The van der Waals surface area contributed by atoms with Gasteiger partial charge in [0.1, 0.15) is 5.82 Å². The van der Waals surface area contributed by atoms with Crippen molar-refractivity contribution >= 4 is 11.6 Å². The molecule has 1 amide bonds. The van der Waals surface area contributed by atoms with Crippen LogP contribution in [0.25, 0.3) is 0 Å². The lowest BCUT2D eigenvalue weighted by Crippen LogP contribution is -2.13. The number of nitrogens with two attached hydrogens (primary N) is 1. The summed E-state index contributed by atoms with van der Waals surface area (Å²) in [7, 11) is 1.87. The second-order valence-corrected chi connectivity index (χ2v) is 4.34. The quantitative estimate of drug-likeness (QED) is 0.878. The minimum absolute atomic E-state index is 0.149. The summed E-state index contributed by atoms with van der Waals surface area (Å²) in [4.78, 5) is 15.1. The maximum atomic E-state index is 13.7. The van der Waals surface area contributed by atoms with Crippen molar-refractivity contribution in [3.8, 4) is 0 Å². The van der Waals surface area contributed by atoms with Crippen LogP contribution >= 0.6 is 0 Å². The summed E-state index contributed by atoms with van der Waals surface area (Å²) >= 11 is 0. The molecule has 1 aromatic heterocycles. The number of primary amides is 1. The lowest BCUT2D eigenvalue weighted by Gasteiger charge is -2.12. The Kier molecular flexibility index (Phi) is 3.50. The average Bonchev–Trinajstić information content (AvgIpc) is 2.76. The van der Waals surface area contributed by atoms with E-state index in [-0.39, 0.29) is 5.56 Å². The van der Waals surface area contributed by atoms with Crippen LogP contribution in [-0.2, 0) is 13.6 Å². The Morgan fingerprint density at radius 1 is 1.53 bits per heavy atom. The number of nitrogens with one attached hydrogen (secondary N) is 1. The zero-order valence-electron chi connectivity index (χ0n) is 10.8. The number of benzene rings is 1. The Labute approximate surface area is 110 Å². The highest BCUT2D eigenvalue weighted by Gasteiger charge is 2.10. The Balaban J connectivity index is 2.24. The molecule has 0 saturated carbocycles. The zero-order chi connectivity index (χ0) is 14.0. The topological polar surface area (TPSA) is 72.9 Å². The Bertz CT molecular complexity index is 621. The number of imidazole rings is 1. The Hall–Kier alpha value is -2.37. The number of carbonyl (C=O) groups excluding carboxylic acids is 1. The normalized spacial score (nSPS) is 10.5. The van der Waals surface area contributed by atoms with E-state index < -0.39 is 11.7 Å². The third-order valence-corrected chi connectivity index (χ3v) is 3.01. The van der Waals surface area contributed by atoms with Gasteiger partial charge >= 0.3 is 0 Å². The number of anilines is 1. The molecule has 6 heteroatoms. The molecule has 1 aromatic carbocycles. The van der Waals surface area contributed by atoms with Gasteiger partial charge in [0, 0.05) is 30.1 Å². The van der Waals surface area contributed by atoms with Gasteiger partial charge in [-0.25, -0.2) is 9.37 Å². The lowest BCUT2D eigenvalue weighted by atomic mass is 10.1. The van der Waals surface area contributed by atoms with Crippen molar-refractivity contribution in [2.45, 2.75) is 13.5 Å². The van der Waals surface area contributed by atoms with Gasteiger partial charge in [-0.3, -0.25) is 4.79 Å². The van der Waals surface area contributed by atoms with Crippen molar-refractivity contribution in [3.05, 3.63) is 47.3 Å². The summed E-state index contributed by atoms with van der Waals surface area (Å²) in [6.07, 6.45) is 3.40. The summed E-state index contributed by atoms with van der Waals surface area (Å²) in [5, 5.41) is 3.08. The first-order valence-electron chi connectivity index (χ1n) is 5.78. The Morgan fingerprint density at radius 2 is 2.26 bits per heavy atom. The fourth-order valence-electron chi connectivity index (χ4n) is 1.75. The number of halogens is 1. The van der Waals surface area contributed by atoms with Crippen molar-refractivity contribution in [2.24, 2.45) is 12.8 Å². The molecule has 0 aliphatic heterocycles. The molecule has 0 bridgehead atoms. The molecule has 1 heterocycles. The van der Waals surface area contributed by atoms with Gasteiger partial charge in [0.05, 0.1) is 18.6 Å². The molecular formula is C13H15FN4O. The second kappa shape index (κ2) is 5.09. The third kappa shape index (κ3) is 2.73. The number of amides is 1. The monoisotopic (exact) mass is 262 g/mol. The average molecular weight is 262 g/mol. The number of hydrogen-bond donors (Lipinski definition) is 2. The van der Waals surface area contributed by atoms with E-state index in [1.165, 1.54) is 0 Å². The summed E-state index contributed by atoms with van der Waals surface area (Å²) in [5.41, 5.74) is 7.27. The van der Waals surface area contributed by atoms with Crippen LogP contribution in [0.2, 0.25) is 0 Å². The maximum Gasteiger partial charge on any atom is 0.248 e. The van der Waals surface area contributed by atoms with Crippen LogP contribution in [0.1, 0.15) is 21.6 Å². The molecule has 0 unspecified atom stereocenters. The zero-order valence-corrected chi connectivity index (χ0v) is 10.8. The van der Waals surface area contributed by atoms with Crippen LogP contribution in [-0.4, -0.2) is 15.5 Å². The lowest BCUT2D eigenvalue weighted by molar-refractivity contribution is 0.1000. The summed E-state index contributed by atoms with van der Waals surface area (Å²) < 4.78 is 15.5. The molecule has 5 nitrogen and oxygen atoms in total. The molecule has 2 aromatic rings. The minimum atomic E-state index is -0.650. The number of rotatable bonds is 4. The van der Waals surface area contributed by atoms with E-state index in [9.17, 15) is 9.18 Å². The summed E-state index contributed by atoms with van der Waals surface area (Å²) in [6, 6.07) is 2.70. The van der Waals surface area contributed by atoms with E-state index >= 15 is 0 Å². The van der Waals surface area contributed by atoms with Gasteiger partial charge < -0.3 is 15.6 Å². The van der Waals surface area contributed by atoms with Crippen molar-refractivity contribution in [1.29, 1.82) is 0 Å². The molecule has 0 atom stereocenters. The first kappa shape index (κ1) is 13.1. The minimum Gasteiger partial charge on any atom is -0.379 e. The number of aryl methyl sites for hydroxylation is 1. The first-order valence-corrected chi connectivity index (χ1v) is 5.78. The number of nitrogens with zero attached hydrogens (tertiary/aromatic N) is 2. The summed E-state index contributed by atoms with van der Waals surface area (Å²) in [6.45, 7) is 2.13. The summed E-state index contributed by atoms with van der Waals surface area (Å²) in [5.74, 6) is -1.11. The van der Waals surface area contributed by atoms with Crippen LogP contribution in [0.15, 0.2) is 24.7 Å². The van der Waals surface area contributed by atoms with Crippen LogP contribution in [0, 0.1) is 12.7 Å². The molecule has 0 saturated heterocycles. The largest absolute Gasteiger partial charge is 0.379 e. The number of carbonyl (C=O) groups is 1. The van der Waals surface area contributed by atoms with Gasteiger partial charge in [0.15, 0.2) is 0 Å². The van der Waals surface area contributed by atoms with E-state index in [4.69, 9.17) is 5.73 Å². The van der Waals surface area contributed by atoms with Gasteiger partial charge in [-0.2, -0.15) is 0 Å². The van der Waals surface area contributed by atoms with Crippen molar-refractivity contribution in [2.75, 3.05) is 5.32 Å². The van der Waals surface area contributed by atoms with Crippen LogP contribution in [0.3, 0.4) is 0 Å². The van der Waals surface area contributed by atoms with E-state index in [1.807, 2.05) is 11.6 Å².